The number of carbonyl (C=O) groups excluding carboxylic acids is 1. The van der Waals surface area contributed by atoms with E-state index in [0.717, 1.165) is 29.7 Å². The van der Waals surface area contributed by atoms with Crippen LogP contribution in [0.3, 0.4) is 0 Å². The molecule has 4 rings (SSSR count). The lowest BCUT2D eigenvalue weighted by Gasteiger charge is -2.18. The number of hydrogen-bond donors (Lipinski definition) is 3. The highest BCUT2D eigenvalue weighted by molar-refractivity contribution is 6.29. The number of nitrogens with one attached hydrogen (secondary N) is 2. The minimum Gasteiger partial charge on any atom is -0.389 e. The Balaban J connectivity index is 1.68. The summed E-state index contributed by atoms with van der Waals surface area (Å²) >= 11 is 6.23. The van der Waals surface area contributed by atoms with E-state index in [1.807, 2.05) is 25.1 Å². The van der Waals surface area contributed by atoms with Crippen LogP contribution >= 0.6 is 11.6 Å². The summed E-state index contributed by atoms with van der Waals surface area (Å²) in [7, 11) is 0. The molecule has 2 heterocycles. The summed E-state index contributed by atoms with van der Waals surface area (Å²) in [6.45, 7) is 5.71. The number of carbonyl (C=O) groups is 1. The molecule has 1 aliphatic carbocycles. The van der Waals surface area contributed by atoms with E-state index in [0.29, 0.717) is 34.6 Å². The van der Waals surface area contributed by atoms with Crippen LogP contribution < -0.4 is 10.6 Å². The zero-order valence-electron chi connectivity index (χ0n) is 16.7. The van der Waals surface area contributed by atoms with Gasteiger partial charge in [-0.1, -0.05) is 17.7 Å². The van der Waals surface area contributed by atoms with Crippen molar-refractivity contribution >= 4 is 28.8 Å². The second-order valence-electron chi connectivity index (χ2n) is 8.20. The van der Waals surface area contributed by atoms with Crippen molar-refractivity contribution < 1.29 is 9.90 Å². The standard InChI is InChI=1S/C21H24ClN5O2/c1-12-8-13(4-7-15(12)20(28)25-14-5-6-14)17-10-23-19-16(24-11-21(2,3)29)9-18(22)26-27(17)19/h4,7-10,14,24,29H,5-6,11H2,1-3H3,(H,25,28). The largest absolute Gasteiger partial charge is 0.389 e. The van der Waals surface area contributed by atoms with Gasteiger partial charge in [-0.25, -0.2) is 9.50 Å². The van der Waals surface area contributed by atoms with Gasteiger partial charge in [-0.3, -0.25) is 4.79 Å². The van der Waals surface area contributed by atoms with Crippen LogP contribution in [-0.4, -0.2) is 43.8 Å². The Hall–Kier alpha value is -2.64. The summed E-state index contributed by atoms with van der Waals surface area (Å²) in [5.74, 6) is -0.0334. The van der Waals surface area contributed by atoms with Gasteiger partial charge in [0, 0.05) is 29.8 Å². The molecule has 7 nitrogen and oxygen atoms in total. The molecule has 0 unspecified atom stereocenters. The van der Waals surface area contributed by atoms with Crippen molar-refractivity contribution in [2.75, 3.05) is 11.9 Å². The van der Waals surface area contributed by atoms with Crippen LogP contribution in [0.15, 0.2) is 30.5 Å². The quantitative estimate of drug-likeness (QED) is 0.575. The summed E-state index contributed by atoms with van der Waals surface area (Å²) in [5.41, 5.74) is 3.64. The first-order valence-electron chi connectivity index (χ1n) is 9.64. The SMILES string of the molecule is Cc1cc(-c2cnc3c(NCC(C)(C)O)cc(Cl)nn23)ccc1C(=O)NC1CC1. The Bertz CT molecular complexity index is 1080. The van der Waals surface area contributed by atoms with Crippen molar-refractivity contribution in [1.82, 2.24) is 19.9 Å². The summed E-state index contributed by atoms with van der Waals surface area (Å²) in [4.78, 5) is 16.9. The highest BCUT2D eigenvalue weighted by atomic mass is 35.5. The number of nitrogens with zero attached hydrogens (tertiary/aromatic N) is 3. The molecule has 0 atom stereocenters. The fraction of sp³-hybridized carbons (Fsp3) is 0.381. The first-order chi connectivity index (χ1) is 13.7. The molecule has 8 heteroatoms. The zero-order chi connectivity index (χ0) is 20.8. The highest BCUT2D eigenvalue weighted by Gasteiger charge is 2.24. The second kappa shape index (κ2) is 7.31. The molecule has 2 aromatic heterocycles. The summed E-state index contributed by atoms with van der Waals surface area (Å²) in [6.07, 6.45) is 3.84. The number of imidazole rings is 1. The fourth-order valence-electron chi connectivity index (χ4n) is 3.15. The minimum absolute atomic E-state index is 0.0334. The summed E-state index contributed by atoms with van der Waals surface area (Å²) < 4.78 is 1.67. The number of halogens is 1. The Kier molecular flexibility index (Phi) is 4.96. The Morgan fingerprint density at radius 2 is 2.10 bits per heavy atom. The molecular weight excluding hydrogens is 390 g/mol. The van der Waals surface area contributed by atoms with Crippen molar-refractivity contribution in [2.24, 2.45) is 0 Å². The molecule has 152 valence electrons. The van der Waals surface area contributed by atoms with Gasteiger partial charge >= 0.3 is 0 Å². The third-order valence-electron chi connectivity index (χ3n) is 4.83. The lowest BCUT2D eigenvalue weighted by molar-refractivity contribution is 0.0940. The van der Waals surface area contributed by atoms with Gasteiger partial charge in [0.25, 0.3) is 5.91 Å². The van der Waals surface area contributed by atoms with Crippen molar-refractivity contribution in [1.29, 1.82) is 0 Å². The maximum atomic E-state index is 12.4. The molecule has 3 aromatic rings. The van der Waals surface area contributed by atoms with E-state index in [-0.39, 0.29) is 5.91 Å². The summed E-state index contributed by atoms with van der Waals surface area (Å²) in [5, 5.41) is 20.9. The predicted octanol–water partition coefficient (Wildman–Crippen LogP) is 3.43. The van der Waals surface area contributed by atoms with E-state index in [1.54, 1.807) is 30.6 Å². The number of hydrogen-bond acceptors (Lipinski definition) is 5. The molecule has 1 saturated carbocycles. The topological polar surface area (TPSA) is 91.6 Å². The van der Waals surface area contributed by atoms with Crippen molar-refractivity contribution in [3.8, 4) is 11.3 Å². The van der Waals surface area contributed by atoms with Gasteiger partial charge in [0.1, 0.15) is 0 Å². The first-order valence-corrected chi connectivity index (χ1v) is 10.0. The number of aliphatic hydroxyl groups is 1. The van der Waals surface area contributed by atoms with Crippen LogP contribution in [0.5, 0.6) is 0 Å². The molecule has 1 aromatic carbocycles. The van der Waals surface area contributed by atoms with E-state index >= 15 is 0 Å². The number of aromatic nitrogens is 3. The normalized spacial score (nSPS) is 14.2. The van der Waals surface area contributed by atoms with E-state index in [1.165, 1.54) is 0 Å². The average molecular weight is 414 g/mol. The van der Waals surface area contributed by atoms with Gasteiger partial charge in [-0.15, -0.1) is 0 Å². The van der Waals surface area contributed by atoms with Crippen LogP contribution in [0.1, 0.15) is 42.6 Å². The highest BCUT2D eigenvalue weighted by Crippen LogP contribution is 2.28. The molecule has 0 saturated heterocycles. The number of amides is 1. The number of aryl methyl sites for hydroxylation is 1. The third kappa shape index (κ3) is 4.36. The fourth-order valence-corrected chi connectivity index (χ4v) is 3.33. The van der Waals surface area contributed by atoms with Gasteiger partial charge < -0.3 is 15.7 Å². The maximum Gasteiger partial charge on any atom is 0.251 e. The smallest absolute Gasteiger partial charge is 0.251 e. The molecule has 3 N–H and O–H groups in total. The third-order valence-corrected chi connectivity index (χ3v) is 5.01. The molecule has 1 fully saturated rings. The van der Waals surface area contributed by atoms with E-state index < -0.39 is 5.60 Å². The van der Waals surface area contributed by atoms with E-state index in [2.05, 4.69) is 20.7 Å². The van der Waals surface area contributed by atoms with Crippen LogP contribution in [0, 0.1) is 6.92 Å². The number of fused-ring (bicyclic) bond motifs is 1. The van der Waals surface area contributed by atoms with Gasteiger partial charge in [0.2, 0.25) is 0 Å². The summed E-state index contributed by atoms with van der Waals surface area (Å²) in [6, 6.07) is 7.69. The number of benzene rings is 1. The van der Waals surface area contributed by atoms with Crippen LogP contribution in [0.4, 0.5) is 5.69 Å². The molecule has 0 spiro atoms. The van der Waals surface area contributed by atoms with E-state index in [4.69, 9.17) is 11.6 Å². The Morgan fingerprint density at radius 3 is 2.76 bits per heavy atom. The predicted molar refractivity (Wildman–Crippen MR) is 113 cm³/mol. The monoisotopic (exact) mass is 413 g/mol. The molecular formula is C21H24ClN5O2. The van der Waals surface area contributed by atoms with Gasteiger partial charge in [-0.2, -0.15) is 5.10 Å². The Morgan fingerprint density at radius 1 is 1.34 bits per heavy atom. The number of rotatable bonds is 6. The van der Waals surface area contributed by atoms with Gasteiger partial charge in [0.05, 0.1) is 23.2 Å². The van der Waals surface area contributed by atoms with Crippen molar-refractivity contribution in [3.63, 3.8) is 0 Å². The zero-order valence-corrected chi connectivity index (χ0v) is 17.4. The Labute approximate surface area is 174 Å². The minimum atomic E-state index is -0.879. The molecule has 0 aliphatic heterocycles. The van der Waals surface area contributed by atoms with Crippen LogP contribution in [-0.2, 0) is 0 Å². The maximum absolute atomic E-state index is 12.4. The van der Waals surface area contributed by atoms with Crippen LogP contribution in [0.25, 0.3) is 16.9 Å². The average Bonchev–Trinajstić information content (AvgIpc) is 3.35. The van der Waals surface area contributed by atoms with Crippen molar-refractivity contribution in [2.45, 2.75) is 45.3 Å². The number of anilines is 1. The lowest BCUT2D eigenvalue weighted by atomic mass is 10.0. The van der Waals surface area contributed by atoms with Crippen LogP contribution in [0.2, 0.25) is 5.15 Å². The lowest BCUT2D eigenvalue weighted by Crippen LogP contribution is -2.29. The molecule has 0 bridgehead atoms. The van der Waals surface area contributed by atoms with E-state index in [9.17, 15) is 9.90 Å². The molecule has 1 amide bonds. The van der Waals surface area contributed by atoms with Gasteiger partial charge in [-0.05, 0) is 51.3 Å². The van der Waals surface area contributed by atoms with Gasteiger partial charge in [0.15, 0.2) is 10.8 Å². The molecule has 29 heavy (non-hydrogen) atoms. The van der Waals surface area contributed by atoms with Crippen molar-refractivity contribution in [3.05, 3.63) is 46.7 Å². The first kappa shape index (κ1) is 19.7. The second-order valence-corrected chi connectivity index (χ2v) is 8.59. The molecule has 1 aliphatic rings. The molecule has 0 radical (unpaired) electrons.